The molecule has 1 fully saturated rings. The van der Waals surface area contributed by atoms with Crippen molar-refractivity contribution in [3.05, 3.63) is 30.3 Å². The van der Waals surface area contributed by atoms with Crippen molar-refractivity contribution in [3.63, 3.8) is 0 Å². The van der Waals surface area contributed by atoms with Gasteiger partial charge in [-0.1, -0.05) is 18.2 Å². The SMILES string of the molecule is CN(CC1(O)CCN(C(=O)OC(C)(C)C)CC1)S(=O)(=O)c1ccccc1. The third-order valence-electron chi connectivity index (χ3n) is 4.31. The van der Waals surface area contributed by atoms with Gasteiger partial charge in [0.1, 0.15) is 5.60 Å². The van der Waals surface area contributed by atoms with Crippen LogP contribution in [-0.4, -0.2) is 66.7 Å². The molecule has 0 saturated carbocycles. The van der Waals surface area contributed by atoms with Crippen LogP contribution in [0, 0.1) is 0 Å². The van der Waals surface area contributed by atoms with E-state index in [2.05, 4.69) is 0 Å². The number of carbonyl (C=O) groups excluding carboxylic acids is 1. The third kappa shape index (κ3) is 5.18. The van der Waals surface area contributed by atoms with Crippen molar-refractivity contribution in [2.45, 2.75) is 49.7 Å². The van der Waals surface area contributed by atoms with Crippen LogP contribution in [-0.2, 0) is 14.8 Å². The Balaban J connectivity index is 1.98. The maximum atomic E-state index is 12.6. The van der Waals surface area contributed by atoms with E-state index in [1.54, 1.807) is 43.9 Å². The molecule has 0 bridgehead atoms. The van der Waals surface area contributed by atoms with Gasteiger partial charge in [-0.3, -0.25) is 0 Å². The van der Waals surface area contributed by atoms with E-state index < -0.39 is 27.3 Å². The highest BCUT2D eigenvalue weighted by Gasteiger charge is 2.38. The number of piperidine rings is 1. The molecule has 1 aromatic rings. The molecule has 1 amide bonds. The molecule has 0 aromatic heterocycles. The Bertz CT molecular complexity index is 720. The van der Waals surface area contributed by atoms with Crippen molar-refractivity contribution >= 4 is 16.1 Å². The number of likely N-dealkylation sites (tertiary alicyclic amines) is 1. The van der Waals surface area contributed by atoms with Gasteiger partial charge in [-0.2, -0.15) is 4.31 Å². The Morgan fingerprint density at radius 2 is 1.77 bits per heavy atom. The number of sulfonamides is 1. The summed E-state index contributed by atoms with van der Waals surface area (Å²) in [7, 11) is -2.20. The predicted octanol–water partition coefficient (Wildman–Crippen LogP) is 2.07. The van der Waals surface area contributed by atoms with E-state index in [0.717, 1.165) is 0 Å². The normalized spacial score (nSPS) is 18.0. The largest absolute Gasteiger partial charge is 0.444 e. The predicted molar refractivity (Wildman–Crippen MR) is 98.2 cm³/mol. The van der Waals surface area contributed by atoms with Crippen LogP contribution in [0.2, 0.25) is 0 Å². The van der Waals surface area contributed by atoms with Gasteiger partial charge in [0.25, 0.3) is 0 Å². The molecule has 2 rings (SSSR count). The van der Waals surface area contributed by atoms with Crippen molar-refractivity contribution in [3.8, 4) is 0 Å². The molecule has 0 aliphatic carbocycles. The molecule has 7 nitrogen and oxygen atoms in total. The van der Waals surface area contributed by atoms with Crippen LogP contribution in [0.1, 0.15) is 33.6 Å². The Morgan fingerprint density at radius 1 is 1.23 bits per heavy atom. The summed E-state index contributed by atoms with van der Waals surface area (Å²) in [4.78, 5) is 13.8. The standard InChI is InChI=1S/C18H28N2O5S/c1-17(2,3)25-16(21)20-12-10-18(22,11-13-20)14-19(4)26(23,24)15-8-6-5-7-9-15/h5-9,22H,10-14H2,1-4H3. The second-order valence-corrected chi connectivity index (χ2v) is 9.81. The molecule has 1 heterocycles. The number of likely N-dealkylation sites (N-methyl/N-ethyl adjacent to an activating group) is 1. The number of ether oxygens (including phenoxy) is 1. The minimum absolute atomic E-state index is 0.0214. The summed E-state index contributed by atoms with van der Waals surface area (Å²) in [6.45, 7) is 6.03. The first kappa shape index (κ1) is 20.7. The average molecular weight is 384 g/mol. The van der Waals surface area contributed by atoms with Gasteiger partial charge in [0, 0.05) is 26.7 Å². The van der Waals surface area contributed by atoms with E-state index in [4.69, 9.17) is 4.74 Å². The lowest BCUT2D eigenvalue weighted by Crippen LogP contribution is -2.53. The Morgan fingerprint density at radius 3 is 2.27 bits per heavy atom. The average Bonchev–Trinajstić information content (AvgIpc) is 2.54. The maximum absolute atomic E-state index is 12.6. The van der Waals surface area contributed by atoms with Crippen LogP contribution in [0.15, 0.2) is 35.2 Å². The molecule has 1 saturated heterocycles. The number of rotatable bonds is 4. The Kier molecular flexibility index (Phi) is 5.99. The highest BCUT2D eigenvalue weighted by molar-refractivity contribution is 7.89. The van der Waals surface area contributed by atoms with E-state index >= 15 is 0 Å². The van der Waals surface area contributed by atoms with Crippen LogP contribution in [0.3, 0.4) is 0 Å². The molecule has 8 heteroatoms. The summed E-state index contributed by atoms with van der Waals surface area (Å²) in [5, 5.41) is 10.8. The molecular weight excluding hydrogens is 356 g/mol. The first-order valence-corrected chi connectivity index (χ1v) is 10.1. The van der Waals surface area contributed by atoms with Crippen LogP contribution >= 0.6 is 0 Å². The lowest BCUT2D eigenvalue weighted by Gasteiger charge is -2.40. The molecular formula is C18H28N2O5S. The van der Waals surface area contributed by atoms with Crippen LogP contribution in [0.5, 0.6) is 0 Å². The molecule has 1 N–H and O–H groups in total. The summed E-state index contributed by atoms with van der Waals surface area (Å²) in [6, 6.07) is 8.13. The molecule has 1 aromatic carbocycles. The van der Waals surface area contributed by atoms with Crippen molar-refractivity contribution in [2.75, 3.05) is 26.7 Å². The topological polar surface area (TPSA) is 87.2 Å². The molecule has 1 aliphatic heterocycles. The van der Waals surface area contributed by atoms with Gasteiger partial charge in [0.2, 0.25) is 10.0 Å². The van der Waals surface area contributed by atoms with Crippen molar-refractivity contribution < 1.29 is 23.1 Å². The zero-order valence-corrected chi connectivity index (χ0v) is 16.6. The van der Waals surface area contributed by atoms with Crippen LogP contribution in [0.25, 0.3) is 0 Å². The summed E-state index contributed by atoms with van der Waals surface area (Å²) in [5.74, 6) is 0. The fourth-order valence-electron chi connectivity index (χ4n) is 2.86. The number of hydrogen-bond donors (Lipinski definition) is 1. The fourth-order valence-corrected chi connectivity index (χ4v) is 4.13. The Labute approximate surface area is 155 Å². The molecule has 0 atom stereocenters. The third-order valence-corrected chi connectivity index (χ3v) is 6.13. The van der Waals surface area contributed by atoms with Crippen molar-refractivity contribution in [2.24, 2.45) is 0 Å². The number of hydrogen-bond acceptors (Lipinski definition) is 5. The number of aliphatic hydroxyl groups is 1. The van der Waals surface area contributed by atoms with Gasteiger partial charge in [0.05, 0.1) is 10.5 Å². The Hall–Kier alpha value is -1.64. The summed E-state index contributed by atoms with van der Waals surface area (Å²) >= 11 is 0. The summed E-state index contributed by atoms with van der Waals surface area (Å²) in [5.41, 5.74) is -1.75. The highest BCUT2D eigenvalue weighted by atomic mass is 32.2. The van der Waals surface area contributed by atoms with Crippen molar-refractivity contribution in [1.82, 2.24) is 9.21 Å². The van der Waals surface area contributed by atoms with Crippen molar-refractivity contribution in [1.29, 1.82) is 0 Å². The maximum Gasteiger partial charge on any atom is 0.410 e. The van der Waals surface area contributed by atoms with Gasteiger partial charge in [-0.15, -0.1) is 0 Å². The van der Waals surface area contributed by atoms with Crippen LogP contribution < -0.4 is 0 Å². The number of nitrogens with zero attached hydrogens (tertiary/aromatic N) is 2. The molecule has 26 heavy (non-hydrogen) atoms. The first-order valence-electron chi connectivity index (χ1n) is 8.65. The quantitative estimate of drug-likeness (QED) is 0.859. The number of carbonyl (C=O) groups is 1. The second-order valence-electron chi connectivity index (χ2n) is 7.77. The minimum Gasteiger partial charge on any atom is -0.444 e. The summed E-state index contributed by atoms with van der Waals surface area (Å²) in [6.07, 6.45) is 0.173. The fraction of sp³-hybridized carbons (Fsp3) is 0.611. The van der Waals surface area contributed by atoms with Gasteiger partial charge < -0.3 is 14.7 Å². The van der Waals surface area contributed by atoms with Gasteiger partial charge in [-0.25, -0.2) is 13.2 Å². The first-order chi connectivity index (χ1) is 11.9. The minimum atomic E-state index is -3.66. The van der Waals surface area contributed by atoms with E-state index in [0.29, 0.717) is 25.9 Å². The van der Waals surface area contributed by atoms with Gasteiger partial charge in [0.15, 0.2) is 0 Å². The molecule has 0 unspecified atom stereocenters. The van der Waals surface area contributed by atoms with Gasteiger partial charge in [-0.05, 0) is 45.7 Å². The lowest BCUT2D eigenvalue weighted by molar-refractivity contribution is -0.0381. The molecule has 146 valence electrons. The molecule has 0 spiro atoms. The molecule has 1 aliphatic rings. The van der Waals surface area contributed by atoms with E-state index in [1.165, 1.54) is 23.5 Å². The van der Waals surface area contributed by atoms with Crippen LogP contribution in [0.4, 0.5) is 4.79 Å². The number of benzene rings is 1. The highest BCUT2D eigenvalue weighted by Crippen LogP contribution is 2.26. The number of amides is 1. The van der Waals surface area contributed by atoms with E-state index in [9.17, 15) is 18.3 Å². The monoisotopic (exact) mass is 384 g/mol. The van der Waals surface area contributed by atoms with Gasteiger partial charge >= 0.3 is 6.09 Å². The zero-order valence-electron chi connectivity index (χ0n) is 15.8. The second kappa shape index (κ2) is 7.54. The smallest absolute Gasteiger partial charge is 0.410 e. The van der Waals surface area contributed by atoms with E-state index in [1.807, 2.05) is 0 Å². The lowest BCUT2D eigenvalue weighted by atomic mass is 9.91. The zero-order chi connectivity index (χ0) is 19.6. The van der Waals surface area contributed by atoms with E-state index in [-0.39, 0.29) is 11.4 Å². The molecule has 0 radical (unpaired) electrons. The summed E-state index contributed by atoms with van der Waals surface area (Å²) < 4.78 is 31.7.